The maximum atomic E-state index is 4.61. The molecule has 0 amide bonds. The Morgan fingerprint density at radius 3 is 1.26 bits per heavy atom. The monoisotopic (exact) mass is 251 g/mol. The van der Waals surface area contributed by atoms with E-state index in [4.69, 9.17) is 0 Å². The summed E-state index contributed by atoms with van der Waals surface area (Å²) in [5.41, 5.74) is 9.69. The van der Waals surface area contributed by atoms with E-state index in [0.29, 0.717) is 0 Å². The predicted molar refractivity (Wildman–Crippen MR) is 85.7 cm³/mol. The molecule has 0 unspecified atom stereocenters. The highest BCUT2D eigenvalue weighted by molar-refractivity contribution is 5.69. The van der Waals surface area contributed by atoms with Crippen LogP contribution in [0.1, 0.15) is 22.3 Å². The first-order valence-corrected chi connectivity index (χ1v) is 6.29. The molecule has 0 aliphatic carbocycles. The summed E-state index contributed by atoms with van der Waals surface area (Å²) in [5, 5.41) is 0. The Morgan fingerprint density at radius 1 is 0.737 bits per heavy atom. The summed E-state index contributed by atoms with van der Waals surface area (Å²) in [6.45, 7) is 7.35. The minimum absolute atomic E-state index is 1.24. The second-order valence-corrected chi connectivity index (χ2v) is 4.39. The number of hydrogen-bond acceptors (Lipinski definition) is 1. The van der Waals surface area contributed by atoms with Gasteiger partial charge in [-0.1, -0.05) is 78.4 Å². The van der Waals surface area contributed by atoms with E-state index in [9.17, 15) is 0 Å². The van der Waals surface area contributed by atoms with Gasteiger partial charge < -0.3 is 5.73 Å². The molecule has 19 heavy (non-hydrogen) atoms. The zero-order valence-electron chi connectivity index (χ0n) is 11.6. The van der Waals surface area contributed by atoms with Gasteiger partial charge in [-0.3, -0.25) is 0 Å². The third kappa shape index (κ3) is 5.73. The summed E-state index contributed by atoms with van der Waals surface area (Å²) in [7, 11) is 0. The van der Waals surface area contributed by atoms with E-state index < -0.39 is 0 Å². The van der Waals surface area contributed by atoms with Gasteiger partial charge in [-0.05, 0) is 31.2 Å². The van der Waals surface area contributed by atoms with Gasteiger partial charge in [0.1, 0.15) is 0 Å². The maximum Gasteiger partial charge on any atom is -0.0136 e. The Morgan fingerprint density at radius 2 is 1.00 bits per heavy atom. The molecule has 98 valence electrons. The fourth-order valence-electron chi connectivity index (χ4n) is 1.55. The first-order chi connectivity index (χ1) is 9.15. The molecule has 0 atom stereocenters. The molecule has 2 rings (SSSR count). The fourth-order valence-corrected chi connectivity index (χ4v) is 1.55. The van der Waals surface area contributed by atoms with Crippen molar-refractivity contribution in [1.29, 1.82) is 0 Å². The number of rotatable bonds is 2. The molecule has 2 N–H and O–H groups in total. The van der Waals surface area contributed by atoms with Crippen LogP contribution in [0.5, 0.6) is 0 Å². The molecule has 0 saturated heterocycles. The van der Waals surface area contributed by atoms with Crippen molar-refractivity contribution < 1.29 is 0 Å². The van der Waals surface area contributed by atoms with Crippen molar-refractivity contribution in [2.45, 2.75) is 13.8 Å². The summed E-state index contributed by atoms with van der Waals surface area (Å²) in [6.07, 6.45) is 5.54. The van der Waals surface area contributed by atoms with E-state index in [0.717, 1.165) is 0 Å². The van der Waals surface area contributed by atoms with Crippen molar-refractivity contribution in [2.75, 3.05) is 0 Å². The molecule has 2 aromatic rings. The summed E-state index contributed by atoms with van der Waals surface area (Å²) in [4.78, 5) is 0. The van der Waals surface area contributed by atoms with Crippen LogP contribution in [0.2, 0.25) is 0 Å². The standard InChI is InChI=1S/C16H16.C2H5N/c1-13-3-7-15(8-4-13)11-12-16-9-5-14(2)6-10-16;1-2-3/h3-12H,1-2H3;2H,1,3H2/b12-11+;. The van der Waals surface area contributed by atoms with E-state index in [-0.39, 0.29) is 0 Å². The van der Waals surface area contributed by atoms with Gasteiger partial charge in [-0.25, -0.2) is 0 Å². The van der Waals surface area contributed by atoms with Crippen LogP contribution in [0, 0.1) is 13.8 Å². The van der Waals surface area contributed by atoms with Gasteiger partial charge in [0.05, 0.1) is 0 Å². The zero-order chi connectivity index (χ0) is 14.1. The molecule has 0 fully saturated rings. The topological polar surface area (TPSA) is 26.0 Å². The van der Waals surface area contributed by atoms with Crippen LogP contribution in [0.3, 0.4) is 0 Å². The molecule has 0 saturated carbocycles. The van der Waals surface area contributed by atoms with Gasteiger partial charge in [0.2, 0.25) is 0 Å². The molecule has 2 aromatic carbocycles. The van der Waals surface area contributed by atoms with Gasteiger partial charge in [-0.15, -0.1) is 0 Å². The SMILES string of the molecule is C=CN.Cc1ccc(/C=C/c2ccc(C)cc2)cc1. The number of aryl methyl sites for hydroxylation is 2. The fraction of sp³-hybridized carbons (Fsp3) is 0.111. The minimum atomic E-state index is 1.24. The van der Waals surface area contributed by atoms with Crippen LogP contribution < -0.4 is 5.73 Å². The minimum Gasteiger partial charge on any atom is -0.405 e. The summed E-state index contributed by atoms with van der Waals surface area (Å²) >= 11 is 0. The number of benzene rings is 2. The molecule has 1 heteroatoms. The highest BCUT2D eigenvalue weighted by Crippen LogP contribution is 2.10. The van der Waals surface area contributed by atoms with Crippen molar-refractivity contribution in [3.8, 4) is 0 Å². The maximum absolute atomic E-state index is 4.61. The lowest BCUT2D eigenvalue weighted by molar-refractivity contribution is 1.46. The highest BCUT2D eigenvalue weighted by atomic mass is 14.5. The van der Waals surface area contributed by atoms with E-state index >= 15 is 0 Å². The molecule has 0 heterocycles. The lowest BCUT2D eigenvalue weighted by Gasteiger charge is -1.96. The molecular formula is C18H21N. The van der Waals surface area contributed by atoms with Crippen molar-refractivity contribution in [3.63, 3.8) is 0 Å². The molecule has 0 radical (unpaired) electrons. The quantitative estimate of drug-likeness (QED) is 0.778. The predicted octanol–water partition coefficient (Wildman–Crippen LogP) is 4.56. The third-order valence-corrected chi connectivity index (χ3v) is 2.62. The first kappa shape index (κ1) is 14.8. The zero-order valence-corrected chi connectivity index (χ0v) is 11.6. The second kappa shape index (κ2) is 7.93. The van der Waals surface area contributed by atoms with Gasteiger partial charge in [0.15, 0.2) is 0 Å². The van der Waals surface area contributed by atoms with Gasteiger partial charge in [0.25, 0.3) is 0 Å². The largest absolute Gasteiger partial charge is 0.405 e. The lowest BCUT2D eigenvalue weighted by Crippen LogP contribution is -1.75. The van der Waals surface area contributed by atoms with Crippen LogP contribution in [-0.4, -0.2) is 0 Å². The van der Waals surface area contributed by atoms with Crippen LogP contribution in [-0.2, 0) is 0 Å². The third-order valence-electron chi connectivity index (χ3n) is 2.62. The van der Waals surface area contributed by atoms with Gasteiger partial charge >= 0.3 is 0 Å². The van der Waals surface area contributed by atoms with Crippen LogP contribution in [0.4, 0.5) is 0 Å². The molecule has 0 bridgehead atoms. The number of hydrogen-bond donors (Lipinski definition) is 1. The molecule has 0 aliphatic rings. The second-order valence-electron chi connectivity index (χ2n) is 4.39. The van der Waals surface area contributed by atoms with Crippen LogP contribution in [0.15, 0.2) is 61.3 Å². The van der Waals surface area contributed by atoms with E-state index in [2.05, 4.69) is 86.8 Å². The smallest absolute Gasteiger partial charge is 0.0136 e. The van der Waals surface area contributed by atoms with E-state index in [1.807, 2.05) is 0 Å². The highest BCUT2D eigenvalue weighted by Gasteiger charge is 1.88. The van der Waals surface area contributed by atoms with Crippen LogP contribution in [0.25, 0.3) is 12.2 Å². The Labute approximate surface area is 116 Å². The first-order valence-electron chi connectivity index (χ1n) is 6.29. The lowest BCUT2D eigenvalue weighted by atomic mass is 10.1. The summed E-state index contributed by atoms with van der Waals surface area (Å²) < 4.78 is 0. The molecule has 0 spiro atoms. The Hall–Kier alpha value is -2.28. The van der Waals surface area contributed by atoms with Crippen molar-refractivity contribution >= 4 is 12.2 Å². The molecule has 0 aliphatic heterocycles. The number of nitrogens with two attached hydrogens (primary N) is 1. The van der Waals surface area contributed by atoms with Crippen molar-refractivity contribution in [2.24, 2.45) is 5.73 Å². The Balaban J connectivity index is 0.000000550. The normalized spacial score (nSPS) is 9.79. The van der Waals surface area contributed by atoms with Gasteiger partial charge in [-0.2, -0.15) is 0 Å². The van der Waals surface area contributed by atoms with Crippen LogP contribution >= 0.6 is 0 Å². The Bertz CT molecular complexity index is 471. The molecule has 1 nitrogen and oxygen atoms in total. The summed E-state index contributed by atoms with van der Waals surface area (Å²) in [6, 6.07) is 17.1. The molecular weight excluding hydrogens is 230 g/mol. The molecule has 0 aromatic heterocycles. The van der Waals surface area contributed by atoms with Gasteiger partial charge in [0, 0.05) is 0 Å². The van der Waals surface area contributed by atoms with E-state index in [1.165, 1.54) is 28.5 Å². The average molecular weight is 251 g/mol. The van der Waals surface area contributed by atoms with Crippen molar-refractivity contribution in [1.82, 2.24) is 0 Å². The van der Waals surface area contributed by atoms with E-state index in [1.54, 1.807) is 0 Å². The average Bonchev–Trinajstić information content (AvgIpc) is 2.41. The Kier molecular flexibility index (Phi) is 6.17. The van der Waals surface area contributed by atoms with Crippen molar-refractivity contribution in [3.05, 3.63) is 83.6 Å². The summed E-state index contributed by atoms with van der Waals surface area (Å²) in [5.74, 6) is 0.